The zero-order chi connectivity index (χ0) is 25.6. The maximum absolute atomic E-state index is 13.9. The molecule has 0 bridgehead atoms. The molecule has 3 aromatic rings. The Labute approximate surface area is 219 Å². The average Bonchev–Trinajstić information content (AvgIpc) is 3.44. The molecular weight excluding hydrogens is 462 g/mol. The highest BCUT2D eigenvalue weighted by Gasteiger charge is 2.28. The summed E-state index contributed by atoms with van der Waals surface area (Å²) < 4.78 is 8.12. The predicted molar refractivity (Wildman–Crippen MR) is 146 cm³/mol. The van der Waals surface area contributed by atoms with E-state index in [-0.39, 0.29) is 17.4 Å². The standard InChI is InChI=1S/C31H37N3O3/c1-24-21-29(35)30(31(36)33-18-16-32(17-19-33)22-26-11-6-3-7-12-26)28(15-14-25-9-4-2-5-10-25)34(24)23-27-13-8-20-37-27/h2-7,9-12,21,27H,8,13-20,22-23H2,1H3. The summed E-state index contributed by atoms with van der Waals surface area (Å²) >= 11 is 0. The third-order valence-corrected chi connectivity index (χ3v) is 7.65. The van der Waals surface area contributed by atoms with Crippen molar-refractivity contribution in [2.24, 2.45) is 0 Å². The molecule has 6 heteroatoms. The average molecular weight is 500 g/mol. The number of hydrogen-bond donors (Lipinski definition) is 0. The van der Waals surface area contributed by atoms with Crippen LogP contribution in [0, 0.1) is 6.92 Å². The van der Waals surface area contributed by atoms with Gasteiger partial charge in [0.25, 0.3) is 5.91 Å². The molecule has 0 saturated carbocycles. The number of benzene rings is 2. The molecule has 0 spiro atoms. The first kappa shape index (κ1) is 25.4. The predicted octanol–water partition coefficient (Wildman–Crippen LogP) is 4.08. The van der Waals surface area contributed by atoms with E-state index in [0.29, 0.717) is 31.6 Å². The third-order valence-electron chi connectivity index (χ3n) is 7.65. The van der Waals surface area contributed by atoms with Gasteiger partial charge in [-0.15, -0.1) is 0 Å². The van der Waals surface area contributed by atoms with Gasteiger partial charge in [-0.3, -0.25) is 14.5 Å². The largest absolute Gasteiger partial charge is 0.376 e. The third kappa shape index (κ3) is 6.20. The van der Waals surface area contributed by atoms with Gasteiger partial charge in [0.05, 0.1) is 6.10 Å². The summed E-state index contributed by atoms with van der Waals surface area (Å²) in [5.41, 5.74) is 4.40. The summed E-state index contributed by atoms with van der Waals surface area (Å²) in [5, 5.41) is 0. The number of carbonyl (C=O) groups is 1. The molecule has 6 nitrogen and oxygen atoms in total. The summed E-state index contributed by atoms with van der Waals surface area (Å²) in [7, 11) is 0. The molecule has 0 N–H and O–H groups in total. The Bertz CT molecular complexity index is 1240. The molecule has 2 aliphatic heterocycles. The fourth-order valence-electron chi connectivity index (χ4n) is 5.58. The van der Waals surface area contributed by atoms with Gasteiger partial charge >= 0.3 is 0 Å². The van der Waals surface area contributed by atoms with Crippen molar-refractivity contribution in [1.82, 2.24) is 14.4 Å². The maximum atomic E-state index is 13.9. The van der Waals surface area contributed by atoms with E-state index in [1.807, 2.05) is 36.1 Å². The number of amides is 1. The van der Waals surface area contributed by atoms with Crippen molar-refractivity contribution in [2.45, 2.75) is 51.8 Å². The van der Waals surface area contributed by atoms with Crippen molar-refractivity contribution in [3.8, 4) is 0 Å². The molecule has 2 aliphatic rings. The fraction of sp³-hybridized carbons (Fsp3) is 0.419. The number of hydrogen-bond acceptors (Lipinski definition) is 4. The normalized spacial score (nSPS) is 18.3. The molecule has 1 atom stereocenters. The van der Waals surface area contributed by atoms with Crippen molar-refractivity contribution >= 4 is 5.91 Å². The molecular formula is C31H37N3O3. The number of ether oxygens (including phenoxy) is 1. The van der Waals surface area contributed by atoms with E-state index >= 15 is 0 Å². The Morgan fingerprint density at radius 1 is 0.919 bits per heavy atom. The maximum Gasteiger partial charge on any atom is 0.259 e. The zero-order valence-electron chi connectivity index (χ0n) is 21.8. The summed E-state index contributed by atoms with van der Waals surface area (Å²) in [6.07, 6.45) is 3.61. The van der Waals surface area contributed by atoms with Gasteiger partial charge in [-0.1, -0.05) is 60.7 Å². The Kier molecular flexibility index (Phi) is 8.17. The number of pyridine rings is 1. The summed E-state index contributed by atoms with van der Waals surface area (Å²) in [6.45, 7) is 7.17. The number of piperazine rings is 1. The van der Waals surface area contributed by atoms with Crippen molar-refractivity contribution in [3.05, 3.63) is 105 Å². The molecule has 2 fully saturated rings. The van der Waals surface area contributed by atoms with Gasteiger partial charge in [-0.05, 0) is 43.7 Å². The van der Waals surface area contributed by atoms with Crippen LogP contribution in [0.4, 0.5) is 0 Å². The molecule has 0 radical (unpaired) electrons. The van der Waals surface area contributed by atoms with Crippen LogP contribution in [-0.4, -0.2) is 59.2 Å². The van der Waals surface area contributed by atoms with Crippen LogP contribution < -0.4 is 5.43 Å². The quantitative estimate of drug-likeness (QED) is 0.469. The van der Waals surface area contributed by atoms with Crippen LogP contribution in [0.1, 0.15) is 45.7 Å². The lowest BCUT2D eigenvalue weighted by molar-refractivity contribution is 0.0623. The molecule has 37 heavy (non-hydrogen) atoms. The van der Waals surface area contributed by atoms with Crippen molar-refractivity contribution in [1.29, 1.82) is 0 Å². The molecule has 194 valence electrons. The molecule has 1 amide bonds. The van der Waals surface area contributed by atoms with Gasteiger partial charge in [0.2, 0.25) is 0 Å². The van der Waals surface area contributed by atoms with Crippen LogP contribution in [0.3, 0.4) is 0 Å². The van der Waals surface area contributed by atoms with Crippen molar-refractivity contribution in [2.75, 3.05) is 32.8 Å². The Hall–Kier alpha value is -3.22. The van der Waals surface area contributed by atoms with E-state index < -0.39 is 0 Å². The van der Waals surface area contributed by atoms with Crippen LogP contribution in [-0.2, 0) is 30.7 Å². The molecule has 3 heterocycles. The summed E-state index contributed by atoms with van der Waals surface area (Å²) in [4.78, 5) is 31.5. The number of aryl methyl sites for hydroxylation is 2. The minimum absolute atomic E-state index is 0.126. The number of aromatic nitrogens is 1. The minimum Gasteiger partial charge on any atom is -0.376 e. The second kappa shape index (κ2) is 11.9. The Morgan fingerprint density at radius 2 is 1.59 bits per heavy atom. The molecule has 2 saturated heterocycles. The second-order valence-corrected chi connectivity index (χ2v) is 10.3. The first-order chi connectivity index (χ1) is 18.1. The van der Waals surface area contributed by atoms with Gasteiger partial charge in [0.1, 0.15) is 5.56 Å². The molecule has 1 aromatic heterocycles. The van der Waals surface area contributed by atoms with Crippen LogP contribution in [0.25, 0.3) is 0 Å². The highest BCUT2D eigenvalue weighted by atomic mass is 16.5. The first-order valence-electron chi connectivity index (χ1n) is 13.5. The van der Waals surface area contributed by atoms with Crippen LogP contribution >= 0.6 is 0 Å². The van der Waals surface area contributed by atoms with Gasteiger partial charge < -0.3 is 14.2 Å². The van der Waals surface area contributed by atoms with Gasteiger partial charge in [-0.25, -0.2) is 0 Å². The van der Waals surface area contributed by atoms with Crippen molar-refractivity contribution in [3.63, 3.8) is 0 Å². The highest BCUT2D eigenvalue weighted by Crippen LogP contribution is 2.21. The Balaban J connectivity index is 1.38. The number of nitrogens with zero attached hydrogens (tertiary/aromatic N) is 3. The Morgan fingerprint density at radius 3 is 2.24 bits per heavy atom. The van der Waals surface area contributed by atoms with Crippen molar-refractivity contribution < 1.29 is 9.53 Å². The second-order valence-electron chi connectivity index (χ2n) is 10.3. The van der Waals surface area contributed by atoms with Crippen LogP contribution in [0.5, 0.6) is 0 Å². The van der Waals surface area contributed by atoms with E-state index in [9.17, 15) is 9.59 Å². The lowest BCUT2D eigenvalue weighted by Crippen LogP contribution is -2.49. The summed E-state index contributed by atoms with van der Waals surface area (Å²) in [6, 6.07) is 22.4. The van der Waals surface area contributed by atoms with E-state index in [4.69, 9.17) is 4.74 Å². The molecule has 5 rings (SSSR count). The SMILES string of the molecule is Cc1cc(=O)c(C(=O)N2CCN(Cc3ccccc3)CC2)c(CCc2ccccc2)n1CC1CCCO1. The lowest BCUT2D eigenvalue weighted by atomic mass is 10.0. The van der Waals surface area contributed by atoms with Gasteiger partial charge in [0, 0.05) is 63.3 Å². The van der Waals surface area contributed by atoms with Crippen LogP contribution in [0.2, 0.25) is 0 Å². The van der Waals surface area contributed by atoms with E-state index in [1.54, 1.807) is 6.07 Å². The summed E-state index contributed by atoms with van der Waals surface area (Å²) in [5.74, 6) is -0.131. The van der Waals surface area contributed by atoms with Crippen LogP contribution in [0.15, 0.2) is 71.5 Å². The van der Waals surface area contributed by atoms with E-state index in [1.165, 1.54) is 11.1 Å². The van der Waals surface area contributed by atoms with Gasteiger partial charge in [-0.2, -0.15) is 0 Å². The monoisotopic (exact) mass is 499 g/mol. The highest BCUT2D eigenvalue weighted by molar-refractivity contribution is 5.95. The number of rotatable bonds is 8. The van der Waals surface area contributed by atoms with E-state index in [2.05, 4.69) is 45.9 Å². The van der Waals surface area contributed by atoms with E-state index in [0.717, 1.165) is 56.9 Å². The first-order valence-corrected chi connectivity index (χ1v) is 13.5. The lowest BCUT2D eigenvalue weighted by Gasteiger charge is -2.35. The smallest absolute Gasteiger partial charge is 0.259 e. The fourth-order valence-corrected chi connectivity index (χ4v) is 5.58. The topological polar surface area (TPSA) is 54.8 Å². The number of carbonyl (C=O) groups excluding carboxylic acids is 1. The minimum atomic E-state index is -0.166. The molecule has 2 aromatic carbocycles. The zero-order valence-corrected chi connectivity index (χ0v) is 21.8. The van der Waals surface area contributed by atoms with Gasteiger partial charge in [0.15, 0.2) is 5.43 Å². The molecule has 1 unspecified atom stereocenters. The molecule has 0 aliphatic carbocycles.